The van der Waals surface area contributed by atoms with E-state index in [9.17, 15) is 9.59 Å². The molecule has 1 amide bonds. The average Bonchev–Trinajstić information content (AvgIpc) is 3.37. The van der Waals surface area contributed by atoms with Crippen molar-refractivity contribution in [3.63, 3.8) is 0 Å². The summed E-state index contributed by atoms with van der Waals surface area (Å²) in [5.74, 6) is 0.0461. The molecule has 2 aliphatic rings. The first-order valence-corrected chi connectivity index (χ1v) is 14.2. The minimum atomic E-state index is -0.308. The van der Waals surface area contributed by atoms with Gasteiger partial charge in [0.05, 0.1) is 17.1 Å². The van der Waals surface area contributed by atoms with E-state index < -0.39 is 0 Å². The van der Waals surface area contributed by atoms with Crippen LogP contribution < -0.4 is 5.56 Å². The summed E-state index contributed by atoms with van der Waals surface area (Å²) in [6.07, 6.45) is 5.98. The van der Waals surface area contributed by atoms with Crippen LogP contribution in [0.5, 0.6) is 0 Å². The van der Waals surface area contributed by atoms with Crippen molar-refractivity contribution in [2.24, 2.45) is 10.2 Å². The summed E-state index contributed by atoms with van der Waals surface area (Å²) in [5, 5.41) is 11.9. The highest BCUT2D eigenvalue weighted by atomic mass is 16.2. The lowest BCUT2D eigenvalue weighted by Gasteiger charge is -2.40. The van der Waals surface area contributed by atoms with E-state index in [0.717, 1.165) is 31.5 Å². The molecule has 1 N–H and O–H groups in total. The van der Waals surface area contributed by atoms with Crippen LogP contribution >= 0.6 is 0 Å². The van der Waals surface area contributed by atoms with Crippen LogP contribution in [0.1, 0.15) is 42.5 Å². The normalized spacial score (nSPS) is 16.9. The molecule has 0 unspecified atom stereocenters. The minimum absolute atomic E-state index is 0.0461. The molecule has 2 fully saturated rings. The molecule has 4 aromatic rings. The first-order chi connectivity index (χ1) is 19.7. The molecule has 3 heterocycles. The van der Waals surface area contributed by atoms with Crippen LogP contribution in [0.2, 0.25) is 0 Å². The van der Waals surface area contributed by atoms with E-state index in [-0.39, 0.29) is 17.2 Å². The fourth-order valence-corrected chi connectivity index (χ4v) is 5.76. The standard InChI is InChI=1S/C32H34N6O2/c39-31(37-22-18-27(19-23-37)36-20-8-3-9-21-36)25-14-16-28(17-15-25)38-32(40)30(34-33-26-12-6-2-7-13-26)29(35-38)24-10-4-1-5-11-24/h1-2,4-7,10-17,27,35H,3,8-9,18-23H2. The van der Waals surface area contributed by atoms with Gasteiger partial charge >= 0.3 is 0 Å². The Morgan fingerprint density at radius 1 is 0.750 bits per heavy atom. The summed E-state index contributed by atoms with van der Waals surface area (Å²) in [7, 11) is 0. The second kappa shape index (κ2) is 11.8. The number of H-pyrrole nitrogens is 1. The lowest BCUT2D eigenvalue weighted by atomic mass is 9.99. The van der Waals surface area contributed by atoms with E-state index in [4.69, 9.17) is 0 Å². The number of aromatic amines is 1. The van der Waals surface area contributed by atoms with Crippen molar-refractivity contribution in [2.75, 3.05) is 26.2 Å². The number of carbonyl (C=O) groups excluding carboxylic acids is 1. The third kappa shape index (κ3) is 5.53. The Hall–Kier alpha value is -4.30. The van der Waals surface area contributed by atoms with Crippen LogP contribution in [-0.2, 0) is 0 Å². The lowest BCUT2D eigenvalue weighted by molar-refractivity contribution is 0.0590. The molecular weight excluding hydrogens is 500 g/mol. The van der Waals surface area contributed by atoms with Crippen molar-refractivity contribution in [3.8, 4) is 16.9 Å². The molecule has 0 spiro atoms. The molecule has 0 bridgehead atoms. The van der Waals surface area contributed by atoms with Crippen LogP contribution in [0.15, 0.2) is 100.0 Å². The number of hydrogen-bond acceptors (Lipinski definition) is 5. The molecule has 6 rings (SSSR count). The predicted octanol–water partition coefficient (Wildman–Crippen LogP) is 6.34. The summed E-state index contributed by atoms with van der Waals surface area (Å²) in [4.78, 5) is 31.4. The number of carbonyl (C=O) groups is 1. The average molecular weight is 535 g/mol. The summed E-state index contributed by atoms with van der Waals surface area (Å²) in [6, 6.07) is 26.7. The van der Waals surface area contributed by atoms with E-state index >= 15 is 0 Å². The van der Waals surface area contributed by atoms with Gasteiger partial charge in [-0.3, -0.25) is 14.7 Å². The van der Waals surface area contributed by atoms with Gasteiger partial charge in [-0.1, -0.05) is 55.0 Å². The van der Waals surface area contributed by atoms with Gasteiger partial charge in [-0.15, -0.1) is 5.11 Å². The Balaban J connectivity index is 1.21. The fourth-order valence-electron chi connectivity index (χ4n) is 5.76. The molecule has 2 saturated heterocycles. The molecule has 0 atom stereocenters. The van der Waals surface area contributed by atoms with Crippen molar-refractivity contribution in [2.45, 2.75) is 38.1 Å². The van der Waals surface area contributed by atoms with Crippen LogP contribution in [0, 0.1) is 0 Å². The number of nitrogens with one attached hydrogen (secondary N) is 1. The third-order valence-corrected chi connectivity index (χ3v) is 7.98. The van der Waals surface area contributed by atoms with Crippen LogP contribution in [0.3, 0.4) is 0 Å². The van der Waals surface area contributed by atoms with E-state index in [1.807, 2.05) is 65.6 Å². The topological polar surface area (TPSA) is 86.1 Å². The van der Waals surface area contributed by atoms with Crippen LogP contribution in [0.4, 0.5) is 11.4 Å². The van der Waals surface area contributed by atoms with Crippen molar-refractivity contribution in [1.82, 2.24) is 19.6 Å². The number of nitrogens with zero attached hydrogens (tertiary/aromatic N) is 5. The number of hydrogen-bond donors (Lipinski definition) is 1. The molecule has 0 radical (unpaired) electrons. The molecule has 1 aromatic heterocycles. The molecule has 2 aliphatic heterocycles. The van der Waals surface area contributed by atoms with E-state index in [2.05, 4.69) is 20.2 Å². The molecular formula is C32H34N6O2. The Morgan fingerprint density at radius 3 is 2.08 bits per heavy atom. The summed E-state index contributed by atoms with van der Waals surface area (Å²) in [6.45, 7) is 3.96. The summed E-state index contributed by atoms with van der Waals surface area (Å²) < 4.78 is 1.46. The Bertz CT molecular complexity index is 1510. The highest BCUT2D eigenvalue weighted by Crippen LogP contribution is 2.28. The fraction of sp³-hybridized carbons (Fsp3) is 0.312. The van der Waals surface area contributed by atoms with Crippen molar-refractivity contribution < 1.29 is 4.79 Å². The highest BCUT2D eigenvalue weighted by Gasteiger charge is 2.28. The second-order valence-electron chi connectivity index (χ2n) is 10.5. The molecule has 8 heteroatoms. The molecule has 40 heavy (non-hydrogen) atoms. The maximum atomic E-state index is 13.5. The van der Waals surface area contributed by atoms with E-state index in [1.165, 1.54) is 37.0 Å². The van der Waals surface area contributed by atoms with Gasteiger partial charge in [-0.05, 0) is 75.2 Å². The highest BCUT2D eigenvalue weighted by molar-refractivity contribution is 5.94. The quantitative estimate of drug-likeness (QED) is 0.293. The zero-order valence-corrected chi connectivity index (χ0v) is 22.6. The lowest BCUT2D eigenvalue weighted by Crippen LogP contribution is -2.48. The number of azo groups is 1. The maximum Gasteiger partial charge on any atom is 0.299 e. The Labute approximate surface area is 234 Å². The number of amides is 1. The zero-order valence-electron chi connectivity index (χ0n) is 22.6. The van der Waals surface area contributed by atoms with Gasteiger partial charge < -0.3 is 9.80 Å². The van der Waals surface area contributed by atoms with Crippen LogP contribution in [0.25, 0.3) is 16.9 Å². The van der Waals surface area contributed by atoms with Gasteiger partial charge in [-0.2, -0.15) is 5.11 Å². The smallest absolute Gasteiger partial charge is 0.299 e. The van der Waals surface area contributed by atoms with Gasteiger partial charge in [0.25, 0.3) is 11.5 Å². The molecule has 3 aromatic carbocycles. The predicted molar refractivity (Wildman–Crippen MR) is 157 cm³/mol. The van der Waals surface area contributed by atoms with Crippen molar-refractivity contribution in [1.29, 1.82) is 0 Å². The summed E-state index contributed by atoms with van der Waals surface area (Å²) in [5.41, 5.74) is 3.26. The Kier molecular flexibility index (Phi) is 7.68. The number of aromatic nitrogens is 2. The maximum absolute atomic E-state index is 13.5. The minimum Gasteiger partial charge on any atom is -0.339 e. The van der Waals surface area contributed by atoms with Crippen molar-refractivity contribution in [3.05, 3.63) is 101 Å². The monoisotopic (exact) mass is 534 g/mol. The molecule has 0 aliphatic carbocycles. The molecule has 0 saturated carbocycles. The van der Waals surface area contributed by atoms with Gasteiger partial charge in [0, 0.05) is 30.3 Å². The van der Waals surface area contributed by atoms with E-state index in [1.54, 1.807) is 24.3 Å². The summed E-state index contributed by atoms with van der Waals surface area (Å²) >= 11 is 0. The Morgan fingerprint density at radius 2 is 1.40 bits per heavy atom. The van der Waals surface area contributed by atoms with E-state index in [0.29, 0.717) is 28.7 Å². The first-order valence-electron chi connectivity index (χ1n) is 14.2. The third-order valence-electron chi connectivity index (χ3n) is 7.98. The number of benzene rings is 3. The van der Waals surface area contributed by atoms with Gasteiger partial charge in [0.15, 0.2) is 5.69 Å². The zero-order chi connectivity index (χ0) is 27.3. The first kappa shape index (κ1) is 26.0. The van der Waals surface area contributed by atoms with Gasteiger partial charge in [-0.25, -0.2) is 4.68 Å². The molecule has 8 nitrogen and oxygen atoms in total. The number of rotatable bonds is 6. The van der Waals surface area contributed by atoms with Crippen LogP contribution in [-0.4, -0.2) is 57.7 Å². The largest absolute Gasteiger partial charge is 0.339 e. The number of likely N-dealkylation sites (tertiary alicyclic amines) is 2. The molecule has 204 valence electrons. The second-order valence-corrected chi connectivity index (χ2v) is 10.5. The SMILES string of the molecule is O=C(c1ccc(-n2[nH]c(-c3ccccc3)c(N=Nc3ccccc3)c2=O)cc1)N1CCC(N2CCCCC2)CC1. The number of piperidine rings is 2. The van der Waals surface area contributed by atoms with Gasteiger partial charge in [0.2, 0.25) is 0 Å². The van der Waals surface area contributed by atoms with Crippen molar-refractivity contribution >= 4 is 17.3 Å². The van der Waals surface area contributed by atoms with Gasteiger partial charge in [0.1, 0.15) is 0 Å².